The second-order valence-electron chi connectivity index (χ2n) is 3.80. The topological polar surface area (TPSA) is 49.8 Å². The Morgan fingerprint density at radius 3 is 2.82 bits per heavy atom. The maximum absolute atomic E-state index is 13.3. The van der Waals surface area contributed by atoms with Gasteiger partial charge < -0.3 is 14.7 Å². The van der Waals surface area contributed by atoms with E-state index in [1.54, 1.807) is 0 Å². The van der Waals surface area contributed by atoms with Gasteiger partial charge in [-0.1, -0.05) is 0 Å². The van der Waals surface area contributed by atoms with Crippen molar-refractivity contribution in [3.63, 3.8) is 0 Å². The molecular weight excluding hydrogens is 293 g/mol. The van der Waals surface area contributed by atoms with Crippen LogP contribution in [0.15, 0.2) is 16.6 Å². The largest absolute Gasteiger partial charge is 0.494 e. The van der Waals surface area contributed by atoms with E-state index in [1.807, 2.05) is 0 Å². The van der Waals surface area contributed by atoms with Crippen molar-refractivity contribution in [1.29, 1.82) is 0 Å². The van der Waals surface area contributed by atoms with E-state index in [9.17, 15) is 14.3 Å². The summed E-state index contributed by atoms with van der Waals surface area (Å²) < 4.78 is 18.6. The number of ether oxygens (including phenoxy) is 1. The molecule has 1 fully saturated rings. The average Bonchev–Trinajstić information content (AvgIpc) is 2.61. The molecule has 4 nitrogen and oxygen atoms in total. The molecule has 0 saturated carbocycles. The summed E-state index contributed by atoms with van der Waals surface area (Å²) in [5.74, 6) is -0.389. The van der Waals surface area contributed by atoms with Crippen LogP contribution in [-0.4, -0.2) is 30.8 Å². The zero-order valence-electron chi connectivity index (χ0n) is 9.11. The Labute approximate surface area is 106 Å². The van der Waals surface area contributed by atoms with Gasteiger partial charge in [0.05, 0.1) is 36.3 Å². The molecule has 0 spiro atoms. The molecule has 0 bridgehead atoms. The lowest BCUT2D eigenvalue weighted by Gasteiger charge is -2.19. The number of hydrogen-bond donors (Lipinski definition) is 1. The van der Waals surface area contributed by atoms with Crippen LogP contribution in [0.1, 0.15) is 6.42 Å². The van der Waals surface area contributed by atoms with Crippen molar-refractivity contribution in [2.24, 2.45) is 0 Å². The first kappa shape index (κ1) is 12.3. The van der Waals surface area contributed by atoms with Crippen LogP contribution in [0, 0.1) is 5.82 Å². The molecule has 6 heteroatoms. The lowest BCUT2D eigenvalue weighted by Crippen LogP contribution is -2.25. The van der Waals surface area contributed by atoms with Crippen LogP contribution in [0.2, 0.25) is 0 Å². The first-order valence-corrected chi connectivity index (χ1v) is 5.83. The SMILES string of the molecule is COc1cc(F)c(Br)cc1N1CC(O)CC1=O. The highest BCUT2D eigenvalue weighted by atomic mass is 79.9. The number of methoxy groups -OCH3 is 1. The zero-order chi connectivity index (χ0) is 12.6. The van der Waals surface area contributed by atoms with E-state index in [0.29, 0.717) is 5.69 Å². The molecule has 0 aliphatic carbocycles. The Bertz CT molecular complexity index is 466. The zero-order valence-corrected chi connectivity index (χ0v) is 10.7. The molecule has 1 aromatic carbocycles. The molecule has 1 heterocycles. The molecule has 1 unspecified atom stereocenters. The number of β-amino-alcohol motifs (C(OH)–C–C–N with tert-alkyl or cyclic N) is 1. The molecule has 17 heavy (non-hydrogen) atoms. The second kappa shape index (κ2) is 4.62. The van der Waals surface area contributed by atoms with Crippen molar-refractivity contribution >= 4 is 27.5 Å². The number of benzene rings is 1. The number of hydrogen-bond acceptors (Lipinski definition) is 3. The maximum Gasteiger partial charge on any atom is 0.229 e. The molecule has 1 N–H and O–H groups in total. The molecule has 1 amide bonds. The number of aliphatic hydroxyl groups excluding tert-OH is 1. The summed E-state index contributed by atoms with van der Waals surface area (Å²) in [4.78, 5) is 13.0. The number of carbonyl (C=O) groups is 1. The fourth-order valence-electron chi connectivity index (χ4n) is 1.81. The van der Waals surface area contributed by atoms with E-state index >= 15 is 0 Å². The highest BCUT2D eigenvalue weighted by molar-refractivity contribution is 9.10. The maximum atomic E-state index is 13.3. The van der Waals surface area contributed by atoms with Gasteiger partial charge in [-0.15, -0.1) is 0 Å². The molecule has 1 aromatic rings. The van der Waals surface area contributed by atoms with Crippen LogP contribution in [0.25, 0.3) is 0 Å². The minimum Gasteiger partial charge on any atom is -0.494 e. The van der Waals surface area contributed by atoms with Crippen molar-refractivity contribution in [3.05, 3.63) is 22.4 Å². The summed E-state index contributed by atoms with van der Waals surface area (Å²) in [5, 5.41) is 9.43. The molecule has 1 atom stereocenters. The van der Waals surface area contributed by atoms with E-state index in [0.717, 1.165) is 0 Å². The summed E-state index contributed by atoms with van der Waals surface area (Å²) in [6.45, 7) is 0.202. The number of nitrogens with zero attached hydrogens (tertiary/aromatic N) is 1. The van der Waals surface area contributed by atoms with Gasteiger partial charge in [-0.05, 0) is 22.0 Å². The molecule has 92 valence electrons. The van der Waals surface area contributed by atoms with E-state index in [4.69, 9.17) is 4.74 Å². The van der Waals surface area contributed by atoms with E-state index < -0.39 is 11.9 Å². The van der Waals surface area contributed by atoms with Gasteiger partial charge >= 0.3 is 0 Å². The molecular formula is C11H11BrFNO3. The third-order valence-electron chi connectivity index (χ3n) is 2.62. The standard InChI is InChI=1S/C11H11BrFNO3/c1-17-10-4-8(13)7(12)3-9(10)14-5-6(15)2-11(14)16/h3-4,6,15H,2,5H2,1H3. The fourth-order valence-corrected chi connectivity index (χ4v) is 2.15. The number of amides is 1. The van der Waals surface area contributed by atoms with Crippen molar-refractivity contribution in [2.45, 2.75) is 12.5 Å². The minimum absolute atomic E-state index is 0.0815. The molecule has 0 aromatic heterocycles. The number of carbonyl (C=O) groups excluding carboxylic acids is 1. The third kappa shape index (κ3) is 2.28. The minimum atomic E-state index is -0.684. The molecule has 1 saturated heterocycles. The van der Waals surface area contributed by atoms with Crippen LogP contribution in [0.3, 0.4) is 0 Å². The summed E-state index contributed by atoms with van der Waals surface area (Å²) >= 11 is 3.06. The number of aliphatic hydroxyl groups is 1. The Balaban J connectivity index is 2.44. The lowest BCUT2D eigenvalue weighted by atomic mass is 10.2. The van der Waals surface area contributed by atoms with E-state index in [1.165, 1.54) is 24.1 Å². The Kier molecular flexibility index (Phi) is 3.35. The number of rotatable bonds is 2. The van der Waals surface area contributed by atoms with Gasteiger partial charge in [0.1, 0.15) is 11.6 Å². The first-order chi connectivity index (χ1) is 8.02. The van der Waals surface area contributed by atoms with E-state index in [-0.39, 0.29) is 29.1 Å². The molecule has 1 aliphatic heterocycles. The molecule has 2 rings (SSSR count). The van der Waals surface area contributed by atoms with Crippen LogP contribution in [0.4, 0.5) is 10.1 Å². The van der Waals surface area contributed by atoms with Crippen molar-refractivity contribution in [3.8, 4) is 5.75 Å². The quantitative estimate of drug-likeness (QED) is 0.904. The second-order valence-corrected chi connectivity index (χ2v) is 4.65. The van der Waals surface area contributed by atoms with Gasteiger partial charge in [-0.2, -0.15) is 0 Å². The first-order valence-electron chi connectivity index (χ1n) is 5.04. The predicted molar refractivity (Wildman–Crippen MR) is 63.6 cm³/mol. The Morgan fingerprint density at radius 2 is 2.29 bits per heavy atom. The number of anilines is 1. The summed E-state index contributed by atoms with van der Waals surface area (Å²) in [6, 6.07) is 2.68. The van der Waals surface area contributed by atoms with Crippen LogP contribution in [0.5, 0.6) is 5.75 Å². The Hall–Kier alpha value is -1.14. The number of halogens is 2. The van der Waals surface area contributed by atoms with Crippen LogP contribution < -0.4 is 9.64 Å². The highest BCUT2D eigenvalue weighted by Gasteiger charge is 2.31. The normalized spacial score (nSPS) is 19.9. The summed E-state index contributed by atoms with van der Waals surface area (Å²) in [7, 11) is 1.41. The predicted octanol–water partition coefficient (Wildman–Crippen LogP) is 1.69. The van der Waals surface area contributed by atoms with Gasteiger partial charge in [0, 0.05) is 6.07 Å². The van der Waals surface area contributed by atoms with Gasteiger partial charge in [0.2, 0.25) is 5.91 Å². The van der Waals surface area contributed by atoms with Gasteiger partial charge in [-0.3, -0.25) is 4.79 Å². The molecule has 1 aliphatic rings. The Morgan fingerprint density at radius 1 is 1.59 bits per heavy atom. The van der Waals surface area contributed by atoms with Crippen LogP contribution >= 0.6 is 15.9 Å². The summed E-state index contributed by atoms with van der Waals surface area (Å²) in [6.07, 6.45) is -0.603. The van der Waals surface area contributed by atoms with Crippen molar-refractivity contribution in [1.82, 2.24) is 0 Å². The fraction of sp³-hybridized carbons (Fsp3) is 0.364. The highest BCUT2D eigenvalue weighted by Crippen LogP contribution is 2.35. The third-order valence-corrected chi connectivity index (χ3v) is 3.22. The van der Waals surface area contributed by atoms with Gasteiger partial charge in [0.15, 0.2) is 0 Å². The van der Waals surface area contributed by atoms with Crippen molar-refractivity contribution in [2.75, 3.05) is 18.6 Å². The van der Waals surface area contributed by atoms with Gasteiger partial charge in [-0.25, -0.2) is 4.39 Å². The van der Waals surface area contributed by atoms with Crippen LogP contribution in [-0.2, 0) is 4.79 Å². The smallest absolute Gasteiger partial charge is 0.229 e. The molecule has 0 radical (unpaired) electrons. The van der Waals surface area contributed by atoms with E-state index in [2.05, 4.69) is 15.9 Å². The monoisotopic (exact) mass is 303 g/mol. The lowest BCUT2D eigenvalue weighted by molar-refractivity contribution is -0.117. The van der Waals surface area contributed by atoms with Gasteiger partial charge in [0.25, 0.3) is 0 Å². The van der Waals surface area contributed by atoms with Crippen molar-refractivity contribution < 1.29 is 19.0 Å². The summed E-state index contributed by atoms with van der Waals surface area (Å²) in [5.41, 5.74) is 0.460. The average molecular weight is 304 g/mol.